The Labute approximate surface area is 96.7 Å². The number of aliphatic hydroxyl groups excluding tert-OH is 1. The van der Waals surface area contributed by atoms with E-state index in [1.807, 2.05) is 0 Å². The zero-order chi connectivity index (χ0) is 12.6. The van der Waals surface area contributed by atoms with Crippen LogP contribution in [0, 0.1) is 0 Å². The number of amides is 1. The molecule has 3 N–H and O–H groups in total. The summed E-state index contributed by atoms with van der Waals surface area (Å²) >= 11 is 0. The molecule has 0 bridgehead atoms. The summed E-state index contributed by atoms with van der Waals surface area (Å²) in [6.07, 6.45) is -0.892. The Morgan fingerprint density at radius 1 is 1.41 bits per heavy atom. The first kappa shape index (κ1) is 11.4. The van der Waals surface area contributed by atoms with Gasteiger partial charge in [0.15, 0.2) is 0 Å². The summed E-state index contributed by atoms with van der Waals surface area (Å²) in [5.74, 6) is -1.92. The molecule has 0 radical (unpaired) electrons. The molecule has 1 aliphatic rings. The van der Waals surface area contributed by atoms with Crippen molar-refractivity contribution in [3.05, 3.63) is 23.8 Å². The van der Waals surface area contributed by atoms with Crippen LogP contribution in [0.15, 0.2) is 18.2 Å². The number of aromatic hydroxyl groups is 1. The van der Waals surface area contributed by atoms with Crippen LogP contribution in [0.2, 0.25) is 0 Å². The molecule has 1 unspecified atom stereocenters. The van der Waals surface area contributed by atoms with E-state index in [4.69, 9.17) is 5.11 Å². The standard InChI is InChI=1S/C11H11NO5/c13-6-4-9(15)12(5-6)10-7(11(16)17)2-1-3-8(10)14/h1-3,6,13-14H,4-5H2,(H,16,17). The molecular weight excluding hydrogens is 226 g/mol. The van der Waals surface area contributed by atoms with Crippen LogP contribution in [-0.4, -0.2) is 39.8 Å². The highest BCUT2D eigenvalue weighted by Crippen LogP contribution is 2.34. The number of carboxylic acids is 1. The molecule has 1 aliphatic heterocycles. The van der Waals surface area contributed by atoms with Crippen molar-refractivity contribution < 1.29 is 24.9 Å². The molecule has 1 aromatic rings. The molecular formula is C11H11NO5. The zero-order valence-corrected chi connectivity index (χ0v) is 8.83. The third kappa shape index (κ3) is 1.94. The second-order valence-corrected chi connectivity index (χ2v) is 3.84. The van der Waals surface area contributed by atoms with Crippen molar-refractivity contribution in [2.45, 2.75) is 12.5 Å². The Morgan fingerprint density at radius 3 is 2.65 bits per heavy atom. The topological polar surface area (TPSA) is 98.1 Å². The van der Waals surface area contributed by atoms with E-state index in [2.05, 4.69) is 0 Å². The number of nitrogens with zero attached hydrogens (tertiary/aromatic N) is 1. The van der Waals surface area contributed by atoms with Crippen LogP contribution in [0.4, 0.5) is 5.69 Å². The van der Waals surface area contributed by atoms with Crippen molar-refractivity contribution in [1.29, 1.82) is 0 Å². The number of phenolic OH excluding ortho intramolecular Hbond substituents is 1. The Bertz CT molecular complexity index is 485. The zero-order valence-electron chi connectivity index (χ0n) is 8.83. The van der Waals surface area contributed by atoms with Crippen molar-refractivity contribution in [2.24, 2.45) is 0 Å². The molecule has 1 heterocycles. The van der Waals surface area contributed by atoms with Gasteiger partial charge in [0.05, 0.1) is 24.6 Å². The summed E-state index contributed by atoms with van der Waals surface area (Å²) in [4.78, 5) is 23.7. The number of carboxylic acid groups (broad SMARTS) is 1. The third-order valence-electron chi connectivity index (χ3n) is 2.62. The molecule has 1 aromatic carbocycles. The number of phenols is 1. The number of rotatable bonds is 2. The van der Waals surface area contributed by atoms with E-state index in [9.17, 15) is 19.8 Å². The molecule has 1 fully saturated rings. The van der Waals surface area contributed by atoms with Crippen molar-refractivity contribution in [3.63, 3.8) is 0 Å². The fraction of sp³-hybridized carbons (Fsp3) is 0.273. The van der Waals surface area contributed by atoms with Gasteiger partial charge in [-0.2, -0.15) is 0 Å². The van der Waals surface area contributed by atoms with Gasteiger partial charge in [-0.05, 0) is 12.1 Å². The monoisotopic (exact) mass is 237 g/mol. The van der Waals surface area contributed by atoms with Crippen LogP contribution in [0.5, 0.6) is 5.75 Å². The number of hydrogen-bond donors (Lipinski definition) is 3. The lowest BCUT2D eigenvalue weighted by Crippen LogP contribution is -2.27. The molecule has 0 spiro atoms. The van der Waals surface area contributed by atoms with Crippen molar-refractivity contribution >= 4 is 17.6 Å². The Morgan fingerprint density at radius 2 is 2.12 bits per heavy atom. The van der Waals surface area contributed by atoms with Crippen molar-refractivity contribution in [1.82, 2.24) is 0 Å². The Hall–Kier alpha value is -2.08. The first-order chi connectivity index (χ1) is 8.00. The summed E-state index contributed by atoms with van der Waals surface area (Å²) in [6.45, 7) is -0.00329. The van der Waals surface area contributed by atoms with E-state index >= 15 is 0 Å². The maximum Gasteiger partial charge on any atom is 0.337 e. The van der Waals surface area contributed by atoms with Gasteiger partial charge in [-0.25, -0.2) is 4.79 Å². The molecule has 1 amide bonds. The number of anilines is 1. The largest absolute Gasteiger partial charge is 0.506 e. The predicted molar refractivity (Wildman–Crippen MR) is 58.0 cm³/mol. The van der Waals surface area contributed by atoms with Gasteiger partial charge in [-0.1, -0.05) is 6.07 Å². The summed E-state index contributed by atoms with van der Waals surface area (Å²) in [7, 11) is 0. The number of β-amino-alcohol motifs (C(OH)–C–C–N with tert-alkyl or cyclic N) is 1. The summed E-state index contributed by atoms with van der Waals surface area (Å²) in [6, 6.07) is 3.99. The van der Waals surface area contributed by atoms with Crippen molar-refractivity contribution in [3.8, 4) is 5.75 Å². The molecule has 0 saturated carbocycles. The van der Waals surface area contributed by atoms with Crippen LogP contribution < -0.4 is 4.90 Å². The van der Waals surface area contributed by atoms with E-state index in [-0.39, 0.29) is 30.0 Å². The summed E-state index contributed by atoms with van der Waals surface area (Å²) < 4.78 is 0. The lowest BCUT2D eigenvalue weighted by atomic mass is 10.1. The van der Waals surface area contributed by atoms with Crippen LogP contribution >= 0.6 is 0 Å². The number of carbonyl (C=O) groups is 2. The maximum atomic E-state index is 11.6. The van der Waals surface area contributed by atoms with Gasteiger partial charge in [0.1, 0.15) is 11.4 Å². The molecule has 6 nitrogen and oxygen atoms in total. The third-order valence-corrected chi connectivity index (χ3v) is 2.62. The molecule has 1 saturated heterocycles. The molecule has 0 aromatic heterocycles. The fourth-order valence-corrected chi connectivity index (χ4v) is 1.89. The molecule has 17 heavy (non-hydrogen) atoms. The highest BCUT2D eigenvalue weighted by Gasteiger charge is 2.33. The van der Waals surface area contributed by atoms with Gasteiger partial charge in [-0.3, -0.25) is 4.79 Å². The SMILES string of the molecule is O=C(O)c1cccc(O)c1N1CC(O)CC1=O. The van der Waals surface area contributed by atoms with E-state index in [1.54, 1.807) is 0 Å². The summed E-state index contributed by atoms with van der Waals surface area (Å²) in [5.41, 5.74) is -0.214. The van der Waals surface area contributed by atoms with Crippen LogP contribution in [-0.2, 0) is 4.79 Å². The molecule has 6 heteroatoms. The minimum atomic E-state index is -1.23. The highest BCUT2D eigenvalue weighted by molar-refractivity contribution is 6.05. The molecule has 1 atom stereocenters. The molecule has 2 rings (SSSR count). The Balaban J connectivity index is 2.51. The normalized spacial score (nSPS) is 19.7. The minimum Gasteiger partial charge on any atom is -0.506 e. The fourth-order valence-electron chi connectivity index (χ4n) is 1.89. The van der Waals surface area contributed by atoms with E-state index < -0.39 is 18.0 Å². The van der Waals surface area contributed by atoms with Crippen molar-refractivity contribution in [2.75, 3.05) is 11.4 Å². The van der Waals surface area contributed by atoms with Crippen LogP contribution in [0.3, 0.4) is 0 Å². The average Bonchev–Trinajstić information content (AvgIpc) is 2.57. The van der Waals surface area contributed by atoms with Gasteiger partial charge in [0, 0.05) is 0 Å². The minimum absolute atomic E-state index is 0.00329. The first-order valence-corrected chi connectivity index (χ1v) is 5.04. The molecule has 0 aliphatic carbocycles. The van der Waals surface area contributed by atoms with E-state index in [1.165, 1.54) is 18.2 Å². The number of carbonyl (C=O) groups excluding carboxylic acids is 1. The smallest absolute Gasteiger partial charge is 0.337 e. The number of hydrogen-bond acceptors (Lipinski definition) is 4. The quantitative estimate of drug-likeness (QED) is 0.682. The van der Waals surface area contributed by atoms with Crippen LogP contribution in [0.1, 0.15) is 16.8 Å². The first-order valence-electron chi connectivity index (χ1n) is 5.04. The average molecular weight is 237 g/mol. The van der Waals surface area contributed by atoms with Gasteiger partial charge in [0.25, 0.3) is 0 Å². The van der Waals surface area contributed by atoms with E-state index in [0.29, 0.717) is 0 Å². The van der Waals surface area contributed by atoms with Gasteiger partial charge < -0.3 is 20.2 Å². The summed E-state index contributed by atoms with van der Waals surface area (Å²) in [5, 5.41) is 28.0. The van der Waals surface area contributed by atoms with Gasteiger partial charge in [0.2, 0.25) is 5.91 Å². The Kier molecular flexibility index (Phi) is 2.72. The number of aliphatic hydroxyl groups is 1. The molecule has 90 valence electrons. The lowest BCUT2D eigenvalue weighted by Gasteiger charge is -2.19. The van der Waals surface area contributed by atoms with Crippen LogP contribution in [0.25, 0.3) is 0 Å². The number of para-hydroxylation sites is 1. The van der Waals surface area contributed by atoms with Gasteiger partial charge in [-0.15, -0.1) is 0 Å². The number of aromatic carboxylic acids is 1. The maximum absolute atomic E-state index is 11.6. The lowest BCUT2D eigenvalue weighted by molar-refractivity contribution is -0.117. The predicted octanol–water partition coefficient (Wildman–Crippen LogP) is 0.188. The highest BCUT2D eigenvalue weighted by atomic mass is 16.4. The number of benzene rings is 1. The second kappa shape index (κ2) is 4.06. The van der Waals surface area contributed by atoms with E-state index in [0.717, 1.165) is 4.90 Å². The van der Waals surface area contributed by atoms with Gasteiger partial charge >= 0.3 is 5.97 Å². The second-order valence-electron chi connectivity index (χ2n) is 3.84.